The molecule has 4 heteroatoms. The van der Waals surface area contributed by atoms with E-state index in [-0.39, 0.29) is 23.8 Å². The second-order valence-electron chi connectivity index (χ2n) is 4.60. The smallest absolute Gasteiger partial charge is 0.274 e. The number of benzene rings is 1. The molecule has 94 valence electrons. The van der Waals surface area contributed by atoms with Gasteiger partial charge in [-0.1, -0.05) is 6.42 Å². The molecule has 0 aromatic heterocycles. The molecule has 1 aromatic rings. The standard InChI is InChI=1S/C13H17F2NO/c14-13(15,9-11-3-1-2-8-16-11)10-4-6-12(17)7-5-10/h4-7,11,16-17H,1-3,8-9H2. The van der Waals surface area contributed by atoms with Gasteiger partial charge in [-0.2, -0.15) is 0 Å². The zero-order chi connectivity index (χ0) is 12.3. The molecule has 2 N–H and O–H groups in total. The third kappa shape index (κ3) is 3.16. The second-order valence-corrected chi connectivity index (χ2v) is 4.60. The van der Waals surface area contributed by atoms with Crippen LogP contribution in [-0.4, -0.2) is 17.7 Å². The molecule has 0 spiro atoms. The molecule has 0 saturated carbocycles. The lowest BCUT2D eigenvalue weighted by Gasteiger charge is -2.27. The first kappa shape index (κ1) is 12.3. The maximum absolute atomic E-state index is 14.0. The summed E-state index contributed by atoms with van der Waals surface area (Å²) < 4.78 is 27.9. The van der Waals surface area contributed by atoms with Crippen LogP contribution < -0.4 is 5.32 Å². The van der Waals surface area contributed by atoms with E-state index in [2.05, 4.69) is 5.32 Å². The Kier molecular flexibility index (Phi) is 3.62. The van der Waals surface area contributed by atoms with Crippen LogP contribution in [0.2, 0.25) is 0 Å². The van der Waals surface area contributed by atoms with Crippen LogP contribution in [0, 0.1) is 0 Å². The fourth-order valence-corrected chi connectivity index (χ4v) is 2.23. The molecule has 1 fully saturated rings. The highest BCUT2D eigenvalue weighted by Gasteiger charge is 2.34. The Morgan fingerprint density at radius 1 is 1.24 bits per heavy atom. The summed E-state index contributed by atoms with van der Waals surface area (Å²) in [6.45, 7) is 0.830. The van der Waals surface area contributed by atoms with Gasteiger partial charge in [0.15, 0.2) is 0 Å². The Bertz CT molecular complexity index is 358. The Balaban J connectivity index is 2.04. The molecular formula is C13H17F2NO. The number of halogens is 2. The average Bonchev–Trinajstić information content (AvgIpc) is 2.30. The van der Waals surface area contributed by atoms with Gasteiger partial charge in [0.2, 0.25) is 0 Å². The first-order valence-corrected chi connectivity index (χ1v) is 5.99. The molecule has 0 radical (unpaired) electrons. The maximum atomic E-state index is 14.0. The summed E-state index contributed by atoms with van der Waals surface area (Å²) >= 11 is 0. The van der Waals surface area contributed by atoms with E-state index >= 15 is 0 Å². The minimum atomic E-state index is -2.83. The Hall–Kier alpha value is -1.16. The summed E-state index contributed by atoms with van der Waals surface area (Å²) in [5.74, 6) is -2.82. The highest BCUT2D eigenvalue weighted by molar-refractivity contribution is 5.28. The van der Waals surface area contributed by atoms with Crippen LogP contribution in [0.5, 0.6) is 5.75 Å². The molecule has 2 rings (SSSR count). The fraction of sp³-hybridized carbons (Fsp3) is 0.538. The minimum absolute atomic E-state index is 0.0142. The highest BCUT2D eigenvalue weighted by Crippen LogP contribution is 2.35. The van der Waals surface area contributed by atoms with E-state index < -0.39 is 5.92 Å². The van der Waals surface area contributed by atoms with Crippen molar-refractivity contribution in [2.45, 2.75) is 37.6 Å². The first-order valence-electron chi connectivity index (χ1n) is 5.99. The maximum Gasteiger partial charge on any atom is 0.274 e. The van der Waals surface area contributed by atoms with Crippen LogP contribution in [0.4, 0.5) is 8.78 Å². The van der Waals surface area contributed by atoms with Gasteiger partial charge < -0.3 is 10.4 Å². The van der Waals surface area contributed by atoms with Gasteiger partial charge in [0.05, 0.1) is 0 Å². The molecule has 2 nitrogen and oxygen atoms in total. The van der Waals surface area contributed by atoms with E-state index in [1.807, 2.05) is 0 Å². The molecule has 1 saturated heterocycles. The zero-order valence-electron chi connectivity index (χ0n) is 9.63. The SMILES string of the molecule is Oc1ccc(C(F)(F)CC2CCCCN2)cc1. The van der Waals surface area contributed by atoms with Gasteiger partial charge in [-0.25, -0.2) is 8.78 Å². The predicted molar refractivity (Wildman–Crippen MR) is 62.3 cm³/mol. The number of rotatable bonds is 3. The van der Waals surface area contributed by atoms with E-state index in [0.29, 0.717) is 0 Å². The van der Waals surface area contributed by atoms with Crippen molar-refractivity contribution in [1.29, 1.82) is 0 Å². The van der Waals surface area contributed by atoms with Crippen LogP contribution in [0.1, 0.15) is 31.2 Å². The van der Waals surface area contributed by atoms with E-state index in [0.717, 1.165) is 25.8 Å². The Morgan fingerprint density at radius 2 is 1.94 bits per heavy atom. The van der Waals surface area contributed by atoms with Crippen LogP contribution in [0.25, 0.3) is 0 Å². The van der Waals surface area contributed by atoms with Crippen LogP contribution in [0.3, 0.4) is 0 Å². The van der Waals surface area contributed by atoms with Crippen molar-refractivity contribution < 1.29 is 13.9 Å². The topological polar surface area (TPSA) is 32.3 Å². The van der Waals surface area contributed by atoms with Crippen molar-refractivity contribution in [2.24, 2.45) is 0 Å². The molecule has 0 amide bonds. The predicted octanol–water partition coefficient (Wildman–Crippen LogP) is 3.02. The van der Waals surface area contributed by atoms with Crippen molar-refractivity contribution in [3.63, 3.8) is 0 Å². The number of hydrogen-bond donors (Lipinski definition) is 2. The van der Waals surface area contributed by atoms with Gasteiger partial charge in [0.1, 0.15) is 5.75 Å². The molecule has 1 atom stereocenters. The molecule has 1 unspecified atom stereocenters. The quantitative estimate of drug-likeness (QED) is 0.852. The number of piperidine rings is 1. The average molecular weight is 241 g/mol. The van der Waals surface area contributed by atoms with Crippen LogP contribution in [0.15, 0.2) is 24.3 Å². The van der Waals surface area contributed by atoms with E-state index in [1.54, 1.807) is 0 Å². The van der Waals surface area contributed by atoms with Gasteiger partial charge in [-0.3, -0.25) is 0 Å². The van der Waals surface area contributed by atoms with Gasteiger partial charge >= 0.3 is 0 Å². The van der Waals surface area contributed by atoms with Gasteiger partial charge in [0.25, 0.3) is 5.92 Å². The third-order valence-corrected chi connectivity index (χ3v) is 3.20. The number of hydrogen-bond acceptors (Lipinski definition) is 2. The van der Waals surface area contributed by atoms with E-state index in [1.165, 1.54) is 24.3 Å². The largest absolute Gasteiger partial charge is 0.508 e. The number of aromatic hydroxyl groups is 1. The molecule has 1 heterocycles. The lowest BCUT2D eigenvalue weighted by Crippen LogP contribution is -2.37. The fourth-order valence-electron chi connectivity index (χ4n) is 2.23. The molecule has 17 heavy (non-hydrogen) atoms. The summed E-state index contributed by atoms with van der Waals surface area (Å²) in [6.07, 6.45) is 2.73. The lowest BCUT2D eigenvalue weighted by atomic mass is 9.95. The van der Waals surface area contributed by atoms with Gasteiger partial charge in [0, 0.05) is 18.0 Å². The van der Waals surface area contributed by atoms with Crippen molar-refractivity contribution in [3.05, 3.63) is 29.8 Å². The monoisotopic (exact) mass is 241 g/mol. The summed E-state index contributed by atoms with van der Waals surface area (Å²) in [4.78, 5) is 0. The van der Waals surface area contributed by atoms with Gasteiger partial charge in [-0.05, 0) is 43.7 Å². The molecule has 1 aliphatic rings. The summed E-state index contributed by atoms with van der Waals surface area (Å²) in [6, 6.07) is 5.08. The third-order valence-electron chi connectivity index (χ3n) is 3.20. The number of nitrogens with one attached hydrogen (secondary N) is 1. The van der Waals surface area contributed by atoms with Crippen LogP contribution >= 0.6 is 0 Å². The summed E-state index contributed by atoms with van der Waals surface area (Å²) in [7, 11) is 0. The zero-order valence-corrected chi connectivity index (χ0v) is 9.63. The van der Waals surface area contributed by atoms with Crippen molar-refractivity contribution in [3.8, 4) is 5.75 Å². The molecular weight excluding hydrogens is 224 g/mol. The molecule has 0 aliphatic carbocycles. The van der Waals surface area contributed by atoms with Crippen LogP contribution in [-0.2, 0) is 5.92 Å². The Morgan fingerprint density at radius 3 is 2.53 bits per heavy atom. The minimum Gasteiger partial charge on any atom is -0.508 e. The molecule has 0 bridgehead atoms. The van der Waals surface area contributed by atoms with Gasteiger partial charge in [-0.15, -0.1) is 0 Å². The highest BCUT2D eigenvalue weighted by atomic mass is 19.3. The number of phenols is 1. The molecule has 1 aromatic carbocycles. The van der Waals surface area contributed by atoms with E-state index in [4.69, 9.17) is 5.11 Å². The summed E-state index contributed by atoms with van der Waals surface area (Å²) in [5.41, 5.74) is -0.0253. The van der Waals surface area contributed by atoms with Crippen molar-refractivity contribution >= 4 is 0 Å². The van der Waals surface area contributed by atoms with Crippen molar-refractivity contribution in [2.75, 3.05) is 6.54 Å². The normalized spacial score (nSPS) is 21.4. The number of phenolic OH excluding ortho intramolecular Hbond substituents is 1. The second kappa shape index (κ2) is 5.00. The first-order chi connectivity index (χ1) is 8.08. The Labute approximate surface area is 99.7 Å². The van der Waals surface area contributed by atoms with E-state index in [9.17, 15) is 8.78 Å². The van der Waals surface area contributed by atoms with Crippen molar-refractivity contribution in [1.82, 2.24) is 5.32 Å². The lowest BCUT2D eigenvalue weighted by molar-refractivity contribution is -0.0253. The number of alkyl halides is 2. The summed E-state index contributed by atoms with van der Waals surface area (Å²) in [5, 5.41) is 12.2. The molecule has 1 aliphatic heterocycles.